The molecule has 2 aromatic rings. The van der Waals surface area contributed by atoms with Crippen LogP contribution in [0.1, 0.15) is 44.2 Å². The van der Waals surface area contributed by atoms with Crippen molar-refractivity contribution in [2.24, 2.45) is 0 Å². The van der Waals surface area contributed by atoms with Gasteiger partial charge in [0, 0.05) is 18.2 Å². The quantitative estimate of drug-likeness (QED) is 0.347. The number of alkyl carbamates (subject to hydrolysis) is 2. The van der Waals surface area contributed by atoms with Crippen LogP contribution in [-0.4, -0.2) is 50.1 Å². The first kappa shape index (κ1) is 28.3. The maximum atomic E-state index is 12.5. The van der Waals surface area contributed by atoms with E-state index in [9.17, 15) is 19.5 Å². The van der Waals surface area contributed by atoms with E-state index in [1.165, 1.54) is 14.2 Å². The number of benzene rings is 2. The van der Waals surface area contributed by atoms with Crippen LogP contribution in [0.15, 0.2) is 48.5 Å². The molecule has 0 aliphatic rings. The fourth-order valence-corrected chi connectivity index (χ4v) is 3.31. The van der Waals surface area contributed by atoms with Crippen LogP contribution in [0.25, 0.3) is 0 Å². The molecule has 10 heteroatoms. The van der Waals surface area contributed by atoms with Crippen LogP contribution in [0.2, 0.25) is 0 Å². The number of carbonyl (C=O) groups is 3. The lowest BCUT2D eigenvalue weighted by molar-refractivity contribution is -0.139. The van der Waals surface area contributed by atoms with Crippen LogP contribution in [0.3, 0.4) is 0 Å². The summed E-state index contributed by atoms with van der Waals surface area (Å²) < 4.78 is 21.2. The van der Waals surface area contributed by atoms with Crippen molar-refractivity contribution in [3.63, 3.8) is 0 Å². The maximum Gasteiger partial charge on any atom is 0.408 e. The number of methoxy groups -OCH3 is 2. The lowest BCUT2D eigenvalue weighted by Gasteiger charge is -2.27. The monoisotopic (exact) mass is 502 g/mol. The van der Waals surface area contributed by atoms with Crippen LogP contribution in [-0.2, 0) is 26.5 Å². The summed E-state index contributed by atoms with van der Waals surface area (Å²) in [5.74, 6) is -0.118. The highest BCUT2D eigenvalue weighted by Gasteiger charge is 2.29. The molecule has 0 bridgehead atoms. The van der Waals surface area contributed by atoms with Crippen molar-refractivity contribution >= 4 is 18.2 Å². The van der Waals surface area contributed by atoms with Gasteiger partial charge in [-0.05, 0) is 50.8 Å². The van der Waals surface area contributed by atoms with Gasteiger partial charge in [-0.2, -0.15) is 0 Å². The van der Waals surface area contributed by atoms with E-state index in [2.05, 4.69) is 10.6 Å². The Kier molecular flexibility index (Phi) is 10.9. The molecule has 0 saturated carbocycles. The zero-order chi connectivity index (χ0) is 26.6. The molecule has 2 aromatic carbocycles. The molecule has 0 spiro atoms. The molecule has 0 aromatic heterocycles. The van der Waals surface area contributed by atoms with Crippen LogP contribution in [0.4, 0.5) is 9.59 Å². The molecule has 10 nitrogen and oxygen atoms in total. The number of ether oxygens (including phenoxy) is 4. The number of unbranched alkanes of at least 4 members (excludes halogenated alkanes) is 1. The van der Waals surface area contributed by atoms with Crippen molar-refractivity contribution < 1.29 is 38.4 Å². The third-order valence-electron chi connectivity index (χ3n) is 5.39. The zero-order valence-electron chi connectivity index (χ0n) is 21.0. The molecule has 0 saturated heterocycles. The lowest BCUT2D eigenvalue weighted by Crippen LogP contribution is -2.43. The second-order valence-corrected chi connectivity index (χ2v) is 8.52. The molecule has 2 amide bonds. The maximum absolute atomic E-state index is 12.5. The first-order valence-electron chi connectivity index (χ1n) is 11.5. The molecule has 0 fully saturated rings. The molecule has 0 aliphatic heterocycles. The largest absolute Gasteiger partial charge is 0.497 e. The van der Waals surface area contributed by atoms with Gasteiger partial charge in [0.25, 0.3) is 0 Å². The number of rotatable bonds is 13. The summed E-state index contributed by atoms with van der Waals surface area (Å²) in [5, 5.41) is 14.5. The smallest absolute Gasteiger partial charge is 0.408 e. The summed E-state index contributed by atoms with van der Waals surface area (Å²) in [7, 11) is 3.03. The van der Waals surface area contributed by atoms with Crippen LogP contribution in [0, 0.1) is 0 Å². The Hall–Kier alpha value is -3.95. The van der Waals surface area contributed by atoms with E-state index >= 15 is 0 Å². The van der Waals surface area contributed by atoms with Gasteiger partial charge in [0.2, 0.25) is 0 Å². The highest BCUT2D eigenvalue weighted by Crippen LogP contribution is 2.32. The van der Waals surface area contributed by atoms with Gasteiger partial charge in [-0.1, -0.05) is 30.3 Å². The van der Waals surface area contributed by atoms with Gasteiger partial charge in [0.15, 0.2) is 0 Å². The van der Waals surface area contributed by atoms with Crippen molar-refractivity contribution in [2.45, 2.75) is 51.4 Å². The second-order valence-electron chi connectivity index (χ2n) is 8.52. The second kappa shape index (κ2) is 13.8. The minimum Gasteiger partial charge on any atom is -0.497 e. The average molecular weight is 503 g/mol. The molecule has 2 rings (SSSR count). The van der Waals surface area contributed by atoms with Gasteiger partial charge < -0.3 is 34.7 Å². The Morgan fingerprint density at radius 1 is 0.944 bits per heavy atom. The normalized spacial score (nSPS) is 11.7. The Morgan fingerprint density at radius 3 is 2.17 bits per heavy atom. The van der Waals surface area contributed by atoms with Gasteiger partial charge in [-0.15, -0.1) is 0 Å². The fraction of sp³-hybridized carbons (Fsp3) is 0.423. The summed E-state index contributed by atoms with van der Waals surface area (Å²) in [5.41, 5.74) is 0.411. The molecule has 1 unspecified atom stereocenters. The molecular formula is C26H34N2O8. The van der Waals surface area contributed by atoms with Gasteiger partial charge in [-0.3, -0.25) is 0 Å². The standard InChI is InChI=1S/C26H34N2O8/c1-26(2,19-14-20(33-3)16-21(15-19)34-4)36-25(32)28-22(23(29)30)12-8-9-13-27-24(31)35-17-18-10-6-5-7-11-18/h5-7,10-11,14-16,22H,8-9,12-13,17H2,1-4H3,(H,27,31)(H,28,32)(H,29,30). The highest BCUT2D eigenvalue weighted by atomic mass is 16.6. The molecule has 0 aliphatic carbocycles. The minimum absolute atomic E-state index is 0.165. The Balaban J connectivity index is 1.78. The molecule has 0 radical (unpaired) electrons. The third kappa shape index (κ3) is 9.36. The van der Waals surface area contributed by atoms with Crippen molar-refractivity contribution in [1.82, 2.24) is 10.6 Å². The average Bonchev–Trinajstić information content (AvgIpc) is 2.86. The number of hydrogen-bond donors (Lipinski definition) is 3. The summed E-state index contributed by atoms with van der Waals surface area (Å²) in [6, 6.07) is 13.3. The topological polar surface area (TPSA) is 132 Å². The molecule has 196 valence electrons. The SMILES string of the molecule is COc1cc(OC)cc(C(C)(C)OC(=O)NC(CCCCNC(=O)OCc2ccccc2)C(=O)O)c1. The zero-order valence-corrected chi connectivity index (χ0v) is 21.0. The van der Waals surface area contributed by atoms with Crippen molar-refractivity contribution in [3.8, 4) is 11.5 Å². The van der Waals surface area contributed by atoms with E-state index in [1.807, 2.05) is 30.3 Å². The first-order valence-corrected chi connectivity index (χ1v) is 11.5. The molecule has 3 N–H and O–H groups in total. The van der Waals surface area contributed by atoms with E-state index in [1.54, 1.807) is 32.0 Å². The van der Waals surface area contributed by atoms with Crippen molar-refractivity contribution in [1.29, 1.82) is 0 Å². The number of aliphatic carboxylic acids is 1. The fourth-order valence-electron chi connectivity index (χ4n) is 3.31. The Bertz CT molecular complexity index is 988. The van der Waals surface area contributed by atoms with E-state index < -0.39 is 29.8 Å². The van der Waals surface area contributed by atoms with E-state index in [0.717, 1.165) is 5.56 Å². The molecule has 0 heterocycles. The van der Waals surface area contributed by atoms with Gasteiger partial charge in [0.1, 0.15) is 29.7 Å². The van der Waals surface area contributed by atoms with E-state index in [0.29, 0.717) is 36.4 Å². The number of hydrogen-bond acceptors (Lipinski definition) is 7. The third-order valence-corrected chi connectivity index (χ3v) is 5.39. The molecular weight excluding hydrogens is 468 g/mol. The number of carbonyl (C=O) groups excluding carboxylic acids is 2. The summed E-state index contributed by atoms with van der Waals surface area (Å²) >= 11 is 0. The van der Waals surface area contributed by atoms with Crippen molar-refractivity contribution in [2.75, 3.05) is 20.8 Å². The highest BCUT2D eigenvalue weighted by molar-refractivity contribution is 5.80. The summed E-state index contributed by atoms with van der Waals surface area (Å²) in [4.78, 5) is 35.9. The predicted molar refractivity (Wildman–Crippen MR) is 132 cm³/mol. The lowest BCUT2D eigenvalue weighted by atomic mass is 9.97. The van der Waals surface area contributed by atoms with Gasteiger partial charge >= 0.3 is 18.2 Å². The van der Waals surface area contributed by atoms with Gasteiger partial charge in [-0.25, -0.2) is 14.4 Å². The summed E-state index contributed by atoms with van der Waals surface area (Å²) in [6.07, 6.45) is -0.287. The Labute approximate surface area is 210 Å². The number of carboxylic acids is 1. The van der Waals surface area contributed by atoms with Gasteiger partial charge in [0.05, 0.1) is 14.2 Å². The number of carboxylic acid groups (broad SMARTS) is 1. The minimum atomic E-state index is -1.18. The first-order chi connectivity index (χ1) is 17.1. The molecule has 1 atom stereocenters. The number of nitrogens with one attached hydrogen (secondary N) is 2. The van der Waals surface area contributed by atoms with E-state index in [-0.39, 0.29) is 13.0 Å². The van der Waals surface area contributed by atoms with Crippen LogP contribution >= 0.6 is 0 Å². The summed E-state index contributed by atoms with van der Waals surface area (Å²) in [6.45, 7) is 3.84. The predicted octanol–water partition coefficient (Wildman–Crippen LogP) is 4.22. The van der Waals surface area contributed by atoms with Crippen molar-refractivity contribution in [3.05, 3.63) is 59.7 Å². The Morgan fingerprint density at radius 2 is 1.58 bits per heavy atom. The van der Waals surface area contributed by atoms with Crippen LogP contribution < -0.4 is 20.1 Å². The molecule has 36 heavy (non-hydrogen) atoms. The van der Waals surface area contributed by atoms with Crippen LogP contribution in [0.5, 0.6) is 11.5 Å². The van der Waals surface area contributed by atoms with E-state index in [4.69, 9.17) is 18.9 Å². The number of amides is 2.